The van der Waals surface area contributed by atoms with Crippen LogP contribution in [0.5, 0.6) is 0 Å². The summed E-state index contributed by atoms with van der Waals surface area (Å²) in [4.78, 5) is 1.34. The lowest BCUT2D eigenvalue weighted by molar-refractivity contribution is 0.541. The van der Waals surface area contributed by atoms with Crippen molar-refractivity contribution in [2.24, 2.45) is 5.73 Å². The fraction of sp³-hybridized carbons (Fsp3) is 0.375. The largest absolute Gasteiger partial charge is 0.330 e. The molecule has 0 aliphatic carbocycles. The predicted molar refractivity (Wildman–Crippen MR) is 81.3 cm³/mol. The van der Waals surface area contributed by atoms with Crippen molar-refractivity contribution in [3.63, 3.8) is 0 Å². The zero-order valence-electron chi connectivity index (χ0n) is 11.6. The number of hydrogen-bond donors (Lipinski definition) is 1. The van der Waals surface area contributed by atoms with Crippen LogP contribution in [0.3, 0.4) is 0 Å². The maximum Gasteiger partial charge on any atom is 0.0348 e. The molecule has 96 valence electrons. The van der Waals surface area contributed by atoms with Crippen LogP contribution in [0.15, 0.2) is 29.6 Å². The predicted octanol–water partition coefficient (Wildman–Crippen LogP) is 4.27. The van der Waals surface area contributed by atoms with Gasteiger partial charge in [-0.1, -0.05) is 32.0 Å². The smallest absolute Gasteiger partial charge is 0.0348 e. The molecule has 0 aliphatic rings. The molecule has 1 nitrogen and oxygen atoms in total. The van der Waals surface area contributed by atoms with Gasteiger partial charge in [0.25, 0.3) is 0 Å². The van der Waals surface area contributed by atoms with E-state index in [1.54, 1.807) is 0 Å². The maximum atomic E-state index is 5.84. The summed E-state index contributed by atoms with van der Waals surface area (Å²) in [5.41, 5.74) is 11.3. The van der Waals surface area contributed by atoms with Crippen molar-refractivity contribution in [3.8, 4) is 10.4 Å². The average Bonchev–Trinajstić information content (AvgIpc) is 2.82. The normalized spacial score (nSPS) is 11.8. The molecule has 0 amide bonds. The van der Waals surface area contributed by atoms with E-state index in [0.29, 0.717) is 6.54 Å². The van der Waals surface area contributed by atoms with Gasteiger partial charge in [0.2, 0.25) is 0 Å². The minimum atomic E-state index is 0.0620. The van der Waals surface area contributed by atoms with E-state index in [2.05, 4.69) is 57.3 Å². The molecule has 0 saturated heterocycles. The van der Waals surface area contributed by atoms with Crippen LogP contribution in [0.25, 0.3) is 10.4 Å². The van der Waals surface area contributed by atoms with Gasteiger partial charge in [0.05, 0.1) is 0 Å². The number of nitrogens with two attached hydrogens (primary N) is 1. The van der Waals surface area contributed by atoms with Gasteiger partial charge in [0.1, 0.15) is 0 Å². The van der Waals surface area contributed by atoms with Crippen molar-refractivity contribution in [2.75, 3.05) is 6.54 Å². The number of aryl methyl sites for hydroxylation is 1. The van der Waals surface area contributed by atoms with Gasteiger partial charge >= 0.3 is 0 Å². The van der Waals surface area contributed by atoms with Crippen LogP contribution >= 0.6 is 11.3 Å². The van der Waals surface area contributed by atoms with Gasteiger partial charge in [-0.2, -0.15) is 0 Å². The van der Waals surface area contributed by atoms with Crippen molar-refractivity contribution < 1.29 is 0 Å². The second-order valence-electron chi connectivity index (χ2n) is 5.54. The van der Waals surface area contributed by atoms with Crippen molar-refractivity contribution in [1.82, 2.24) is 0 Å². The summed E-state index contributed by atoms with van der Waals surface area (Å²) in [5, 5.41) is 2.24. The Balaban J connectivity index is 2.45. The minimum absolute atomic E-state index is 0.0620. The van der Waals surface area contributed by atoms with Crippen molar-refractivity contribution in [1.29, 1.82) is 0 Å². The summed E-state index contributed by atoms with van der Waals surface area (Å²) in [6.45, 7) is 9.43. The van der Waals surface area contributed by atoms with E-state index in [1.807, 2.05) is 11.3 Å². The second-order valence-corrected chi connectivity index (χ2v) is 6.45. The first-order valence-electron chi connectivity index (χ1n) is 6.31. The van der Waals surface area contributed by atoms with Gasteiger partial charge in [-0.25, -0.2) is 0 Å². The molecule has 18 heavy (non-hydrogen) atoms. The van der Waals surface area contributed by atoms with Crippen LogP contribution in [-0.4, -0.2) is 6.54 Å². The Morgan fingerprint density at radius 3 is 2.61 bits per heavy atom. The molecule has 2 aromatic rings. The summed E-state index contributed by atoms with van der Waals surface area (Å²) in [7, 11) is 0. The quantitative estimate of drug-likeness (QED) is 0.875. The third-order valence-corrected chi connectivity index (χ3v) is 4.72. The molecule has 0 atom stereocenters. The first-order chi connectivity index (χ1) is 8.45. The van der Waals surface area contributed by atoms with Gasteiger partial charge in [0.15, 0.2) is 0 Å². The third kappa shape index (κ3) is 2.36. The summed E-state index contributed by atoms with van der Waals surface area (Å²) in [6.07, 6.45) is 0. The fourth-order valence-corrected chi connectivity index (χ4v) is 3.15. The van der Waals surface area contributed by atoms with E-state index in [9.17, 15) is 0 Å². The molecule has 0 aliphatic heterocycles. The van der Waals surface area contributed by atoms with Crippen LogP contribution in [0.4, 0.5) is 0 Å². The molecule has 0 fully saturated rings. The van der Waals surface area contributed by atoms with E-state index in [-0.39, 0.29) is 5.41 Å². The van der Waals surface area contributed by atoms with Crippen LogP contribution in [0, 0.1) is 13.8 Å². The molecule has 1 aromatic heterocycles. The summed E-state index contributed by atoms with van der Waals surface area (Å²) in [5.74, 6) is 0. The molecule has 0 spiro atoms. The molecule has 0 saturated carbocycles. The number of benzene rings is 1. The van der Waals surface area contributed by atoms with E-state index in [4.69, 9.17) is 5.73 Å². The van der Waals surface area contributed by atoms with Gasteiger partial charge in [-0.3, -0.25) is 0 Å². The Bertz CT molecular complexity index is 552. The topological polar surface area (TPSA) is 26.0 Å². The maximum absolute atomic E-state index is 5.84. The Kier molecular flexibility index (Phi) is 3.60. The SMILES string of the molecule is Cc1cccc(-c2cc(C(C)(C)CN)cs2)c1C. The first-order valence-corrected chi connectivity index (χ1v) is 7.19. The minimum Gasteiger partial charge on any atom is -0.330 e. The summed E-state index contributed by atoms with van der Waals surface area (Å²) < 4.78 is 0. The molecule has 2 rings (SSSR count). The molecular formula is C16H21NS. The highest BCUT2D eigenvalue weighted by molar-refractivity contribution is 7.13. The molecule has 1 aromatic carbocycles. The van der Waals surface area contributed by atoms with E-state index < -0.39 is 0 Å². The lowest BCUT2D eigenvalue weighted by Gasteiger charge is -2.20. The van der Waals surface area contributed by atoms with Crippen LogP contribution < -0.4 is 5.73 Å². The summed E-state index contributed by atoms with van der Waals surface area (Å²) >= 11 is 1.81. The molecular weight excluding hydrogens is 238 g/mol. The summed E-state index contributed by atoms with van der Waals surface area (Å²) in [6, 6.07) is 8.79. The molecule has 0 unspecified atom stereocenters. The van der Waals surface area contributed by atoms with E-state index >= 15 is 0 Å². The number of thiophene rings is 1. The molecule has 2 N–H and O–H groups in total. The van der Waals surface area contributed by atoms with Crippen molar-refractivity contribution in [3.05, 3.63) is 46.3 Å². The Hall–Kier alpha value is -1.12. The molecule has 2 heteroatoms. The van der Waals surface area contributed by atoms with E-state index in [0.717, 1.165) is 0 Å². The monoisotopic (exact) mass is 259 g/mol. The van der Waals surface area contributed by atoms with Crippen LogP contribution in [0.2, 0.25) is 0 Å². The average molecular weight is 259 g/mol. The Morgan fingerprint density at radius 1 is 1.22 bits per heavy atom. The number of rotatable bonds is 3. The fourth-order valence-electron chi connectivity index (χ4n) is 1.97. The molecule has 0 bridgehead atoms. The third-order valence-electron chi connectivity index (χ3n) is 3.76. The van der Waals surface area contributed by atoms with Crippen molar-refractivity contribution in [2.45, 2.75) is 33.1 Å². The van der Waals surface area contributed by atoms with Gasteiger partial charge in [-0.05, 0) is 47.5 Å². The van der Waals surface area contributed by atoms with Gasteiger partial charge in [0, 0.05) is 16.8 Å². The van der Waals surface area contributed by atoms with E-state index in [1.165, 1.54) is 27.1 Å². The standard InChI is InChI=1S/C16H21NS/c1-11-6-5-7-14(12(11)2)15-8-13(9-18-15)16(3,4)10-17/h5-9H,10,17H2,1-4H3. The molecule has 0 radical (unpaired) electrons. The van der Waals surface area contributed by atoms with Crippen LogP contribution in [-0.2, 0) is 5.41 Å². The Morgan fingerprint density at radius 2 is 1.94 bits per heavy atom. The lowest BCUT2D eigenvalue weighted by atomic mass is 9.86. The highest BCUT2D eigenvalue weighted by Gasteiger charge is 2.20. The van der Waals surface area contributed by atoms with Gasteiger partial charge in [-0.15, -0.1) is 11.3 Å². The highest BCUT2D eigenvalue weighted by atomic mass is 32.1. The van der Waals surface area contributed by atoms with Gasteiger partial charge < -0.3 is 5.73 Å². The lowest BCUT2D eigenvalue weighted by Crippen LogP contribution is -2.27. The number of hydrogen-bond acceptors (Lipinski definition) is 2. The highest BCUT2D eigenvalue weighted by Crippen LogP contribution is 2.35. The Labute approximate surface area is 114 Å². The first kappa shape index (κ1) is 13.3. The van der Waals surface area contributed by atoms with Crippen LogP contribution in [0.1, 0.15) is 30.5 Å². The second kappa shape index (κ2) is 4.87. The van der Waals surface area contributed by atoms with Crippen molar-refractivity contribution >= 4 is 11.3 Å². The molecule has 1 heterocycles. The zero-order valence-corrected chi connectivity index (χ0v) is 12.4. The zero-order chi connectivity index (χ0) is 13.3.